The highest BCUT2D eigenvalue weighted by Gasteiger charge is 2.01. The second-order valence-corrected chi connectivity index (χ2v) is 8.70. The molecule has 0 radical (unpaired) electrons. The standard InChI is InChI=1S/C25H53N/c1-3-5-7-8-9-10-11-12-13-14-15-16-17-18-19-20-22-24-25(26)23-21-6-4-2/h25H,3-24,26H2,1-2H3. The lowest BCUT2D eigenvalue weighted by Gasteiger charge is -2.10. The molecule has 1 heteroatoms. The van der Waals surface area contributed by atoms with Gasteiger partial charge in [-0.05, 0) is 12.8 Å². The van der Waals surface area contributed by atoms with Gasteiger partial charge >= 0.3 is 0 Å². The van der Waals surface area contributed by atoms with Crippen LogP contribution in [0, 0.1) is 0 Å². The quantitative estimate of drug-likeness (QED) is 0.190. The van der Waals surface area contributed by atoms with Crippen molar-refractivity contribution in [2.75, 3.05) is 0 Å². The summed E-state index contributed by atoms with van der Waals surface area (Å²) in [4.78, 5) is 0. The van der Waals surface area contributed by atoms with E-state index in [9.17, 15) is 0 Å². The van der Waals surface area contributed by atoms with Crippen molar-refractivity contribution >= 4 is 0 Å². The van der Waals surface area contributed by atoms with Crippen molar-refractivity contribution in [3.8, 4) is 0 Å². The molecule has 0 aliphatic heterocycles. The molecular formula is C25H53N. The molecule has 158 valence electrons. The molecule has 0 aromatic carbocycles. The van der Waals surface area contributed by atoms with Crippen molar-refractivity contribution in [3.63, 3.8) is 0 Å². The van der Waals surface area contributed by atoms with Crippen molar-refractivity contribution in [2.24, 2.45) is 5.73 Å². The molecule has 0 aromatic heterocycles. The Labute approximate surface area is 167 Å². The summed E-state index contributed by atoms with van der Waals surface area (Å²) in [5.74, 6) is 0. The molecule has 0 aromatic rings. The SMILES string of the molecule is CCCCCCCCCCCCCCCCCCCC(N)CCCCC. The Morgan fingerprint density at radius 2 is 0.615 bits per heavy atom. The van der Waals surface area contributed by atoms with E-state index in [2.05, 4.69) is 13.8 Å². The van der Waals surface area contributed by atoms with E-state index < -0.39 is 0 Å². The zero-order valence-corrected chi connectivity index (χ0v) is 18.7. The lowest BCUT2D eigenvalue weighted by atomic mass is 10.0. The zero-order valence-electron chi connectivity index (χ0n) is 18.7. The minimum atomic E-state index is 0.470. The van der Waals surface area contributed by atoms with Gasteiger partial charge in [0.25, 0.3) is 0 Å². The summed E-state index contributed by atoms with van der Waals surface area (Å²) in [6, 6.07) is 0.470. The van der Waals surface area contributed by atoms with Crippen molar-refractivity contribution in [3.05, 3.63) is 0 Å². The Hall–Kier alpha value is -0.0400. The van der Waals surface area contributed by atoms with Crippen LogP contribution in [0.4, 0.5) is 0 Å². The van der Waals surface area contributed by atoms with Crippen LogP contribution in [0.5, 0.6) is 0 Å². The maximum Gasteiger partial charge on any atom is 0.00388 e. The van der Waals surface area contributed by atoms with Crippen LogP contribution in [0.2, 0.25) is 0 Å². The van der Waals surface area contributed by atoms with Crippen LogP contribution in [0.25, 0.3) is 0 Å². The molecule has 0 spiro atoms. The van der Waals surface area contributed by atoms with Gasteiger partial charge in [0, 0.05) is 6.04 Å². The van der Waals surface area contributed by atoms with Crippen LogP contribution in [-0.4, -0.2) is 6.04 Å². The first kappa shape index (κ1) is 26.0. The number of hydrogen-bond donors (Lipinski definition) is 1. The average molecular weight is 368 g/mol. The third kappa shape index (κ3) is 22.0. The Balaban J connectivity index is 3.05. The van der Waals surface area contributed by atoms with E-state index in [1.807, 2.05) is 0 Å². The summed E-state index contributed by atoms with van der Waals surface area (Å²) in [7, 11) is 0. The monoisotopic (exact) mass is 367 g/mol. The summed E-state index contributed by atoms with van der Waals surface area (Å²) < 4.78 is 0. The Bertz CT molecular complexity index is 238. The van der Waals surface area contributed by atoms with Crippen LogP contribution in [-0.2, 0) is 0 Å². The molecule has 0 rings (SSSR count). The molecule has 0 saturated heterocycles. The summed E-state index contributed by atoms with van der Waals surface area (Å²) in [6.45, 7) is 4.56. The Morgan fingerprint density at radius 1 is 0.385 bits per heavy atom. The number of unbranched alkanes of at least 4 members (excludes halogenated alkanes) is 18. The van der Waals surface area contributed by atoms with Crippen molar-refractivity contribution in [2.45, 2.75) is 161 Å². The van der Waals surface area contributed by atoms with E-state index in [-0.39, 0.29) is 0 Å². The first-order chi connectivity index (χ1) is 12.8. The summed E-state index contributed by atoms with van der Waals surface area (Å²) in [6.07, 6.45) is 31.1. The van der Waals surface area contributed by atoms with Gasteiger partial charge in [0.1, 0.15) is 0 Å². The maximum absolute atomic E-state index is 6.18. The molecule has 0 bridgehead atoms. The maximum atomic E-state index is 6.18. The number of hydrogen-bond acceptors (Lipinski definition) is 1. The Morgan fingerprint density at radius 3 is 0.962 bits per heavy atom. The highest BCUT2D eigenvalue weighted by atomic mass is 14.6. The molecule has 1 unspecified atom stereocenters. The van der Waals surface area contributed by atoms with Gasteiger partial charge in [-0.2, -0.15) is 0 Å². The molecule has 0 saturated carbocycles. The molecule has 0 aliphatic carbocycles. The van der Waals surface area contributed by atoms with Gasteiger partial charge in [-0.25, -0.2) is 0 Å². The van der Waals surface area contributed by atoms with Gasteiger partial charge in [0.2, 0.25) is 0 Å². The molecule has 1 atom stereocenters. The van der Waals surface area contributed by atoms with Gasteiger partial charge in [0.05, 0.1) is 0 Å². The van der Waals surface area contributed by atoms with Gasteiger partial charge in [-0.3, -0.25) is 0 Å². The fourth-order valence-electron chi connectivity index (χ4n) is 3.93. The topological polar surface area (TPSA) is 26.0 Å². The van der Waals surface area contributed by atoms with Gasteiger partial charge in [-0.15, -0.1) is 0 Å². The van der Waals surface area contributed by atoms with Gasteiger partial charge < -0.3 is 5.73 Å². The van der Waals surface area contributed by atoms with E-state index in [4.69, 9.17) is 5.73 Å². The molecule has 2 N–H and O–H groups in total. The lowest BCUT2D eigenvalue weighted by Crippen LogP contribution is -2.19. The van der Waals surface area contributed by atoms with E-state index in [1.54, 1.807) is 0 Å². The van der Waals surface area contributed by atoms with Crippen molar-refractivity contribution < 1.29 is 0 Å². The molecule has 0 aliphatic rings. The van der Waals surface area contributed by atoms with E-state index >= 15 is 0 Å². The van der Waals surface area contributed by atoms with Crippen LogP contribution in [0.15, 0.2) is 0 Å². The third-order valence-electron chi connectivity index (χ3n) is 5.86. The third-order valence-corrected chi connectivity index (χ3v) is 5.86. The van der Waals surface area contributed by atoms with Crippen LogP contribution >= 0.6 is 0 Å². The molecule has 0 heterocycles. The minimum Gasteiger partial charge on any atom is -0.328 e. The predicted octanol–water partition coefficient (Wildman–Crippen LogP) is 8.94. The summed E-state index contributed by atoms with van der Waals surface area (Å²) in [5.41, 5.74) is 6.18. The Kier molecular flexibility index (Phi) is 23.0. The molecule has 0 fully saturated rings. The molecule has 0 amide bonds. The number of nitrogens with two attached hydrogens (primary N) is 1. The molecular weight excluding hydrogens is 314 g/mol. The number of rotatable bonds is 22. The van der Waals surface area contributed by atoms with Gasteiger partial charge in [-0.1, -0.05) is 142 Å². The van der Waals surface area contributed by atoms with E-state index in [0.29, 0.717) is 6.04 Å². The van der Waals surface area contributed by atoms with Crippen molar-refractivity contribution in [1.82, 2.24) is 0 Å². The fourth-order valence-corrected chi connectivity index (χ4v) is 3.93. The van der Waals surface area contributed by atoms with Crippen LogP contribution in [0.1, 0.15) is 155 Å². The highest BCUT2D eigenvalue weighted by molar-refractivity contribution is 4.61. The van der Waals surface area contributed by atoms with Crippen molar-refractivity contribution in [1.29, 1.82) is 0 Å². The second kappa shape index (κ2) is 23.0. The fraction of sp³-hybridized carbons (Fsp3) is 1.00. The normalized spacial score (nSPS) is 12.6. The average Bonchev–Trinajstić information content (AvgIpc) is 2.64. The highest BCUT2D eigenvalue weighted by Crippen LogP contribution is 2.15. The van der Waals surface area contributed by atoms with E-state index in [1.165, 1.54) is 141 Å². The first-order valence-electron chi connectivity index (χ1n) is 12.6. The minimum absolute atomic E-state index is 0.470. The predicted molar refractivity (Wildman–Crippen MR) is 121 cm³/mol. The largest absolute Gasteiger partial charge is 0.328 e. The zero-order chi connectivity index (χ0) is 19.1. The van der Waals surface area contributed by atoms with Gasteiger partial charge in [0.15, 0.2) is 0 Å². The summed E-state index contributed by atoms with van der Waals surface area (Å²) in [5, 5.41) is 0. The summed E-state index contributed by atoms with van der Waals surface area (Å²) >= 11 is 0. The van der Waals surface area contributed by atoms with E-state index in [0.717, 1.165) is 0 Å². The molecule has 26 heavy (non-hydrogen) atoms. The van der Waals surface area contributed by atoms with Crippen LogP contribution < -0.4 is 5.73 Å². The smallest absolute Gasteiger partial charge is 0.00388 e. The molecule has 1 nitrogen and oxygen atoms in total. The van der Waals surface area contributed by atoms with Crippen LogP contribution in [0.3, 0.4) is 0 Å². The lowest BCUT2D eigenvalue weighted by molar-refractivity contribution is 0.487. The first-order valence-corrected chi connectivity index (χ1v) is 12.6. The second-order valence-electron chi connectivity index (χ2n) is 8.70.